The monoisotopic (exact) mass is 270 g/mol. The summed E-state index contributed by atoms with van der Waals surface area (Å²) in [6.07, 6.45) is 3.45. The highest BCUT2D eigenvalue weighted by atomic mass is 35.5. The van der Waals surface area contributed by atoms with E-state index in [0.29, 0.717) is 22.5 Å². The van der Waals surface area contributed by atoms with Gasteiger partial charge in [0.25, 0.3) is 0 Å². The second kappa shape index (κ2) is 6.20. The van der Waals surface area contributed by atoms with Gasteiger partial charge in [-0.1, -0.05) is 11.6 Å². The van der Waals surface area contributed by atoms with Gasteiger partial charge in [-0.3, -0.25) is 0 Å². The van der Waals surface area contributed by atoms with Crippen LogP contribution in [-0.4, -0.2) is 29.7 Å². The standard InChI is InChI=1S/C12H19ClN4O/c1-8-10(13)11(17-12(14)16-8)15-5-4-9-3-2-6-18-7-9/h9H,2-7H2,1H3,(H3,14,15,16,17). The minimum absolute atomic E-state index is 0.250. The molecule has 18 heavy (non-hydrogen) atoms. The highest BCUT2D eigenvalue weighted by molar-refractivity contribution is 6.33. The maximum absolute atomic E-state index is 6.12. The number of ether oxygens (including phenoxy) is 1. The topological polar surface area (TPSA) is 73.1 Å². The predicted molar refractivity (Wildman–Crippen MR) is 72.8 cm³/mol. The van der Waals surface area contributed by atoms with Crippen LogP contribution in [0.2, 0.25) is 5.02 Å². The molecule has 0 aliphatic carbocycles. The number of halogens is 1. The molecule has 100 valence electrons. The first-order chi connectivity index (χ1) is 8.66. The van der Waals surface area contributed by atoms with E-state index >= 15 is 0 Å². The Morgan fingerprint density at radius 1 is 1.50 bits per heavy atom. The number of nitrogens with two attached hydrogens (primary N) is 1. The molecule has 1 atom stereocenters. The first-order valence-electron chi connectivity index (χ1n) is 6.28. The van der Waals surface area contributed by atoms with Crippen LogP contribution in [0.5, 0.6) is 0 Å². The summed E-state index contributed by atoms with van der Waals surface area (Å²) in [7, 11) is 0. The second-order valence-corrected chi connectivity index (χ2v) is 5.01. The Morgan fingerprint density at radius 3 is 3.06 bits per heavy atom. The van der Waals surface area contributed by atoms with Crippen molar-refractivity contribution in [3.8, 4) is 0 Å². The van der Waals surface area contributed by atoms with Crippen LogP contribution in [0, 0.1) is 12.8 Å². The zero-order chi connectivity index (χ0) is 13.0. The summed E-state index contributed by atoms with van der Waals surface area (Å²) in [4.78, 5) is 8.12. The summed E-state index contributed by atoms with van der Waals surface area (Å²) in [6.45, 7) is 4.40. The molecule has 0 saturated carbocycles. The van der Waals surface area contributed by atoms with Gasteiger partial charge in [-0.15, -0.1) is 0 Å². The Kier molecular flexibility index (Phi) is 4.60. The minimum Gasteiger partial charge on any atom is -0.381 e. The van der Waals surface area contributed by atoms with Crippen LogP contribution in [0.15, 0.2) is 0 Å². The van der Waals surface area contributed by atoms with Gasteiger partial charge in [0.05, 0.1) is 5.69 Å². The SMILES string of the molecule is Cc1nc(N)nc(NCCC2CCCOC2)c1Cl. The maximum atomic E-state index is 6.12. The number of nitrogen functional groups attached to an aromatic ring is 1. The molecule has 0 bridgehead atoms. The second-order valence-electron chi connectivity index (χ2n) is 4.63. The molecule has 0 radical (unpaired) electrons. The fourth-order valence-electron chi connectivity index (χ4n) is 2.13. The van der Waals surface area contributed by atoms with Gasteiger partial charge in [-0.05, 0) is 32.1 Å². The lowest BCUT2D eigenvalue weighted by Crippen LogP contribution is -2.20. The average molecular weight is 271 g/mol. The molecule has 1 fully saturated rings. The van der Waals surface area contributed by atoms with Gasteiger partial charge in [0.1, 0.15) is 5.02 Å². The normalized spacial score (nSPS) is 19.8. The van der Waals surface area contributed by atoms with Gasteiger partial charge in [0.15, 0.2) is 5.82 Å². The van der Waals surface area contributed by atoms with Crippen molar-refractivity contribution in [1.29, 1.82) is 0 Å². The van der Waals surface area contributed by atoms with Crippen molar-refractivity contribution in [1.82, 2.24) is 9.97 Å². The zero-order valence-corrected chi connectivity index (χ0v) is 11.3. The molecule has 1 aromatic heterocycles. The van der Waals surface area contributed by atoms with Crippen LogP contribution < -0.4 is 11.1 Å². The van der Waals surface area contributed by atoms with Gasteiger partial charge in [-0.2, -0.15) is 4.98 Å². The van der Waals surface area contributed by atoms with Crippen LogP contribution in [-0.2, 0) is 4.74 Å². The van der Waals surface area contributed by atoms with E-state index in [1.807, 2.05) is 6.92 Å². The number of aromatic nitrogens is 2. The van der Waals surface area contributed by atoms with E-state index in [1.54, 1.807) is 0 Å². The maximum Gasteiger partial charge on any atom is 0.222 e. The lowest BCUT2D eigenvalue weighted by molar-refractivity contribution is 0.0530. The van der Waals surface area contributed by atoms with Gasteiger partial charge in [0.2, 0.25) is 5.95 Å². The summed E-state index contributed by atoms with van der Waals surface area (Å²) < 4.78 is 5.45. The van der Waals surface area contributed by atoms with Crippen LogP contribution in [0.3, 0.4) is 0 Å². The molecule has 2 heterocycles. The molecule has 1 aliphatic heterocycles. The van der Waals surface area contributed by atoms with E-state index in [9.17, 15) is 0 Å². The fourth-order valence-corrected chi connectivity index (χ4v) is 2.28. The number of aryl methyl sites for hydroxylation is 1. The van der Waals surface area contributed by atoms with Gasteiger partial charge >= 0.3 is 0 Å². The number of anilines is 2. The number of hydrogen-bond acceptors (Lipinski definition) is 5. The Balaban J connectivity index is 1.86. The summed E-state index contributed by atoms with van der Waals surface area (Å²) in [5.74, 6) is 1.50. The quantitative estimate of drug-likeness (QED) is 0.878. The van der Waals surface area contributed by atoms with Gasteiger partial charge < -0.3 is 15.8 Å². The summed E-state index contributed by atoms with van der Waals surface area (Å²) in [5.41, 5.74) is 6.30. The van der Waals surface area contributed by atoms with Crippen LogP contribution >= 0.6 is 11.6 Å². The third-order valence-corrected chi connectivity index (χ3v) is 3.59. The molecule has 6 heteroatoms. The van der Waals surface area contributed by atoms with E-state index in [-0.39, 0.29) is 5.95 Å². The van der Waals surface area contributed by atoms with Crippen molar-refractivity contribution in [3.05, 3.63) is 10.7 Å². The van der Waals surface area contributed by atoms with Crippen LogP contribution in [0.4, 0.5) is 11.8 Å². The number of nitrogens with zero attached hydrogens (tertiary/aromatic N) is 2. The number of nitrogens with one attached hydrogen (secondary N) is 1. The first kappa shape index (κ1) is 13.4. The predicted octanol–water partition coefficient (Wildman–Crippen LogP) is 2.25. The van der Waals surface area contributed by atoms with E-state index in [0.717, 1.165) is 32.6 Å². The van der Waals surface area contributed by atoms with Crippen LogP contribution in [0.25, 0.3) is 0 Å². The van der Waals surface area contributed by atoms with Crippen molar-refractivity contribution in [2.45, 2.75) is 26.2 Å². The molecule has 1 unspecified atom stereocenters. The van der Waals surface area contributed by atoms with Crippen molar-refractivity contribution >= 4 is 23.4 Å². The largest absolute Gasteiger partial charge is 0.381 e. The van der Waals surface area contributed by atoms with Crippen molar-refractivity contribution in [3.63, 3.8) is 0 Å². The van der Waals surface area contributed by atoms with E-state index < -0.39 is 0 Å². The third-order valence-electron chi connectivity index (χ3n) is 3.13. The van der Waals surface area contributed by atoms with E-state index in [2.05, 4.69) is 15.3 Å². The number of hydrogen-bond donors (Lipinski definition) is 2. The summed E-state index contributed by atoms with van der Waals surface area (Å²) in [6, 6.07) is 0. The molecule has 5 nitrogen and oxygen atoms in total. The molecular weight excluding hydrogens is 252 g/mol. The molecule has 2 rings (SSSR count). The third kappa shape index (κ3) is 3.46. The highest BCUT2D eigenvalue weighted by Gasteiger charge is 2.14. The number of rotatable bonds is 4. The molecule has 0 spiro atoms. The molecule has 3 N–H and O–H groups in total. The van der Waals surface area contributed by atoms with E-state index in [1.165, 1.54) is 6.42 Å². The first-order valence-corrected chi connectivity index (χ1v) is 6.66. The van der Waals surface area contributed by atoms with Crippen LogP contribution in [0.1, 0.15) is 25.0 Å². The lowest BCUT2D eigenvalue weighted by atomic mass is 9.99. The van der Waals surface area contributed by atoms with Crippen molar-refractivity contribution in [2.24, 2.45) is 5.92 Å². The summed E-state index contributed by atoms with van der Waals surface area (Å²) >= 11 is 6.12. The Hall–Kier alpha value is -1.07. The molecule has 1 aromatic rings. The molecule has 1 saturated heterocycles. The Labute approximate surface area is 112 Å². The Bertz CT molecular complexity index is 407. The molecule has 0 aromatic carbocycles. The van der Waals surface area contributed by atoms with Gasteiger partial charge in [-0.25, -0.2) is 4.98 Å². The molecule has 0 amide bonds. The molecule has 1 aliphatic rings. The van der Waals surface area contributed by atoms with Crippen molar-refractivity contribution in [2.75, 3.05) is 30.8 Å². The molecular formula is C12H19ClN4O. The average Bonchev–Trinajstić information content (AvgIpc) is 2.36. The Morgan fingerprint density at radius 2 is 2.33 bits per heavy atom. The smallest absolute Gasteiger partial charge is 0.222 e. The summed E-state index contributed by atoms with van der Waals surface area (Å²) in [5, 5.41) is 3.77. The van der Waals surface area contributed by atoms with Gasteiger partial charge in [0, 0.05) is 19.8 Å². The fraction of sp³-hybridized carbons (Fsp3) is 0.667. The highest BCUT2D eigenvalue weighted by Crippen LogP contribution is 2.23. The minimum atomic E-state index is 0.250. The lowest BCUT2D eigenvalue weighted by Gasteiger charge is -2.22. The van der Waals surface area contributed by atoms with Crippen molar-refractivity contribution < 1.29 is 4.74 Å². The van der Waals surface area contributed by atoms with E-state index in [4.69, 9.17) is 22.1 Å². The zero-order valence-electron chi connectivity index (χ0n) is 10.6.